The molecular weight excluding hydrogens is 344 g/mol. The fourth-order valence-electron chi connectivity index (χ4n) is 3.79. The third-order valence-electron chi connectivity index (χ3n) is 5.29. The van der Waals surface area contributed by atoms with E-state index < -0.39 is 0 Å². The molecule has 0 bridgehead atoms. The average molecular weight is 372 g/mol. The zero-order valence-electron chi connectivity index (χ0n) is 16.4. The van der Waals surface area contributed by atoms with Gasteiger partial charge in [0, 0.05) is 57.1 Å². The van der Waals surface area contributed by atoms with Gasteiger partial charge >= 0.3 is 0 Å². The lowest BCUT2D eigenvalue weighted by Gasteiger charge is -2.32. The highest BCUT2D eigenvalue weighted by Gasteiger charge is 2.41. The first kappa shape index (κ1) is 19.3. The third-order valence-corrected chi connectivity index (χ3v) is 5.29. The molecule has 0 N–H and O–H groups in total. The summed E-state index contributed by atoms with van der Waals surface area (Å²) in [7, 11) is 0. The van der Waals surface area contributed by atoms with Crippen LogP contribution in [0, 0.1) is 5.92 Å². The summed E-state index contributed by atoms with van der Waals surface area (Å²) in [5.74, 6) is -0.250. The van der Waals surface area contributed by atoms with Crippen LogP contribution in [0.3, 0.4) is 0 Å². The Hall–Kier alpha value is -2.44. The highest BCUT2D eigenvalue weighted by atomic mass is 16.2. The molecule has 1 aromatic rings. The van der Waals surface area contributed by atoms with Crippen LogP contribution in [0.5, 0.6) is 0 Å². The van der Waals surface area contributed by atoms with Crippen LogP contribution in [0.1, 0.15) is 44.0 Å². The fraction of sp³-hybridized carbons (Fsp3) is 0.600. The molecule has 3 amide bonds. The molecule has 0 saturated carbocycles. The normalized spacial score (nSPS) is 21.4. The van der Waals surface area contributed by atoms with Crippen molar-refractivity contribution < 1.29 is 14.4 Å². The molecule has 2 fully saturated rings. The van der Waals surface area contributed by atoms with Crippen LogP contribution >= 0.6 is 0 Å². The smallest absolute Gasteiger partial charge is 0.255 e. The van der Waals surface area contributed by atoms with Gasteiger partial charge in [-0.25, -0.2) is 0 Å². The van der Waals surface area contributed by atoms with E-state index in [9.17, 15) is 14.4 Å². The summed E-state index contributed by atoms with van der Waals surface area (Å²) < 4.78 is 0. The number of pyridine rings is 1. The third kappa shape index (κ3) is 4.28. The van der Waals surface area contributed by atoms with E-state index in [0.29, 0.717) is 38.3 Å². The van der Waals surface area contributed by atoms with E-state index in [4.69, 9.17) is 0 Å². The molecule has 7 nitrogen and oxygen atoms in total. The van der Waals surface area contributed by atoms with E-state index >= 15 is 0 Å². The van der Waals surface area contributed by atoms with Crippen molar-refractivity contribution in [2.45, 2.75) is 39.2 Å². The molecule has 0 radical (unpaired) electrons. The van der Waals surface area contributed by atoms with Crippen molar-refractivity contribution in [2.75, 3.05) is 32.7 Å². The van der Waals surface area contributed by atoms with Crippen molar-refractivity contribution in [3.63, 3.8) is 0 Å². The van der Waals surface area contributed by atoms with Gasteiger partial charge in [0.15, 0.2) is 0 Å². The van der Waals surface area contributed by atoms with Crippen molar-refractivity contribution in [2.24, 2.45) is 5.92 Å². The maximum atomic E-state index is 13.0. The van der Waals surface area contributed by atoms with Crippen LogP contribution in [0.25, 0.3) is 0 Å². The molecular formula is C20H28N4O3. The standard InChI is InChI=1S/C20H28N4O3/c1-20(2,3)24-14-16(12-17(24)25)19(27)23-9-5-8-22(10-11-23)18(26)15-6-4-7-21-13-15/h4,6-7,13,16H,5,8-12,14H2,1-3H3. The monoisotopic (exact) mass is 372 g/mol. The molecule has 3 heterocycles. The molecule has 1 unspecified atom stereocenters. The van der Waals surface area contributed by atoms with Crippen LogP contribution in [0.2, 0.25) is 0 Å². The minimum Gasteiger partial charge on any atom is -0.341 e. The van der Waals surface area contributed by atoms with Crippen LogP contribution in [0.15, 0.2) is 24.5 Å². The Morgan fingerprint density at radius 1 is 1.11 bits per heavy atom. The minimum atomic E-state index is -0.280. The Morgan fingerprint density at radius 3 is 2.44 bits per heavy atom. The molecule has 0 spiro atoms. The zero-order valence-corrected chi connectivity index (χ0v) is 16.4. The quantitative estimate of drug-likeness (QED) is 0.787. The first-order chi connectivity index (χ1) is 12.8. The lowest BCUT2D eigenvalue weighted by molar-refractivity contribution is -0.135. The Bertz CT molecular complexity index is 714. The van der Waals surface area contributed by atoms with Crippen LogP contribution in [-0.4, -0.2) is 75.7 Å². The van der Waals surface area contributed by atoms with Crippen LogP contribution in [0.4, 0.5) is 0 Å². The molecule has 0 aromatic carbocycles. The summed E-state index contributed by atoms with van der Waals surface area (Å²) in [5.41, 5.74) is 0.303. The molecule has 0 aliphatic carbocycles. The number of hydrogen-bond donors (Lipinski definition) is 0. The first-order valence-corrected chi connectivity index (χ1v) is 9.56. The molecule has 2 aliphatic rings. The van der Waals surface area contributed by atoms with Gasteiger partial charge in [-0.2, -0.15) is 0 Å². The van der Waals surface area contributed by atoms with E-state index in [0.717, 1.165) is 6.42 Å². The van der Waals surface area contributed by atoms with Gasteiger partial charge in [0.05, 0.1) is 11.5 Å². The maximum Gasteiger partial charge on any atom is 0.255 e. The average Bonchev–Trinajstić information content (AvgIpc) is 2.88. The highest BCUT2D eigenvalue weighted by molar-refractivity contribution is 5.94. The van der Waals surface area contributed by atoms with Crippen molar-refractivity contribution in [1.82, 2.24) is 19.7 Å². The highest BCUT2D eigenvalue weighted by Crippen LogP contribution is 2.27. The lowest BCUT2D eigenvalue weighted by atomic mass is 10.1. The lowest BCUT2D eigenvalue weighted by Crippen LogP contribution is -2.44. The first-order valence-electron chi connectivity index (χ1n) is 9.56. The predicted molar refractivity (Wildman–Crippen MR) is 101 cm³/mol. The van der Waals surface area contributed by atoms with Gasteiger partial charge < -0.3 is 14.7 Å². The summed E-state index contributed by atoms with van der Waals surface area (Å²) >= 11 is 0. The maximum absolute atomic E-state index is 13.0. The fourth-order valence-corrected chi connectivity index (χ4v) is 3.79. The number of amides is 3. The number of nitrogens with zero attached hydrogens (tertiary/aromatic N) is 4. The van der Waals surface area contributed by atoms with Gasteiger partial charge in [-0.15, -0.1) is 0 Å². The Labute approximate surface area is 160 Å². The molecule has 1 atom stereocenters. The molecule has 2 saturated heterocycles. The molecule has 7 heteroatoms. The van der Waals surface area contributed by atoms with E-state index in [2.05, 4.69) is 4.98 Å². The van der Waals surface area contributed by atoms with Crippen LogP contribution < -0.4 is 0 Å². The molecule has 27 heavy (non-hydrogen) atoms. The molecule has 1 aromatic heterocycles. The number of rotatable bonds is 2. The largest absolute Gasteiger partial charge is 0.341 e. The van der Waals surface area contributed by atoms with Crippen molar-refractivity contribution in [3.05, 3.63) is 30.1 Å². The van der Waals surface area contributed by atoms with Gasteiger partial charge in [0.25, 0.3) is 5.91 Å². The number of aromatic nitrogens is 1. The van der Waals surface area contributed by atoms with Crippen molar-refractivity contribution in [3.8, 4) is 0 Å². The number of carbonyl (C=O) groups is 3. The van der Waals surface area contributed by atoms with Gasteiger partial charge in [-0.3, -0.25) is 19.4 Å². The van der Waals surface area contributed by atoms with E-state index in [-0.39, 0.29) is 35.6 Å². The van der Waals surface area contributed by atoms with Crippen molar-refractivity contribution in [1.29, 1.82) is 0 Å². The summed E-state index contributed by atoms with van der Waals surface area (Å²) in [4.78, 5) is 47.3. The summed E-state index contributed by atoms with van der Waals surface area (Å²) in [6.07, 6.45) is 4.23. The SMILES string of the molecule is CC(C)(C)N1CC(C(=O)N2CCCN(C(=O)c3cccnc3)CC2)CC1=O. The van der Waals surface area contributed by atoms with E-state index in [1.54, 1.807) is 34.3 Å². The Morgan fingerprint density at radius 2 is 1.81 bits per heavy atom. The zero-order chi connectivity index (χ0) is 19.6. The van der Waals surface area contributed by atoms with Crippen LogP contribution in [-0.2, 0) is 9.59 Å². The second-order valence-electron chi connectivity index (χ2n) is 8.29. The van der Waals surface area contributed by atoms with Gasteiger partial charge in [-0.05, 0) is 39.3 Å². The Balaban J connectivity index is 1.60. The summed E-state index contributed by atoms with van der Waals surface area (Å²) in [6, 6.07) is 3.51. The molecule has 2 aliphatic heterocycles. The van der Waals surface area contributed by atoms with Gasteiger partial charge in [-0.1, -0.05) is 0 Å². The number of hydrogen-bond acceptors (Lipinski definition) is 4. The van der Waals surface area contributed by atoms with Gasteiger partial charge in [0.1, 0.15) is 0 Å². The second kappa shape index (κ2) is 7.66. The summed E-state index contributed by atoms with van der Waals surface area (Å²) in [5, 5.41) is 0. The molecule has 146 valence electrons. The minimum absolute atomic E-state index is 0.0331. The van der Waals surface area contributed by atoms with Crippen molar-refractivity contribution >= 4 is 17.7 Å². The van der Waals surface area contributed by atoms with Gasteiger partial charge in [0.2, 0.25) is 11.8 Å². The second-order valence-corrected chi connectivity index (χ2v) is 8.29. The number of likely N-dealkylation sites (tertiary alicyclic amines) is 1. The van der Waals surface area contributed by atoms with E-state index in [1.807, 2.05) is 25.7 Å². The Kier molecular flexibility index (Phi) is 5.48. The molecule has 3 rings (SSSR count). The number of carbonyl (C=O) groups excluding carboxylic acids is 3. The van der Waals surface area contributed by atoms with E-state index in [1.165, 1.54) is 0 Å². The summed E-state index contributed by atoms with van der Waals surface area (Å²) in [6.45, 7) is 8.71. The topological polar surface area (TPSA) is 73.8 Å². The predicted octanol–water partition coefficient (Wildman–Crippen LogP) is 1.40.